The van der Waals surface area contributed by atoms with Crippen LogP contribution in [0.25, 0.3) is 0 Å². The second kappa shape index (κ2) is 3.45. The summed E-state index contributed by atoms with van der Waals surface area (Å²) in [5.41, 5.74) is 0.124. The molecule has 4 heteroatoms. The Morgan fingerprint density at radius 2 is 2.17 bits per heavy atom. The zero-order valence-electron chi connectivity index (χ0n) is 6.37. The maximum absolute atomic E-state index is 10.5. The van der Waals surface area contributed by atoms with E-state index in [2.05, 4.69) is 0 Å². The van der Waals surface area contributed by atoms with E-state index >= 15 is 0 Å². The molecule has 1 N–H and O–H groups in total. The second-order valence-corrected chi connectivity index (χ2v) is 2.62. The van der Waals surface area contributed by atoms with Crippen LogP contribution in [0.2, 0.25) is 5.02 Å². The zero-order chi connectivity index (χ0) is 9.14. The fourth-order valence-electron chi connectivity index (χ4n) is 0.804. The predicted molar refractivity (Wildman–Crippen MR) is 45.0 cm³/mol. The third kappa shape index (κ3) is 1.89. The van der Waals surface area contributed by atoms with E-state index < -0.39 is 5.97 Å². The van der Waals surface area contributed by atoms with Crippen molar-refractivity contribution in [2.45, 2.75) is 0 Å². The first-order chi connectivity index (χ1) is 5.63. The molecule has 0 aromatic heterocycles. The van der Waals surface area contributed by atoms with Gasteiger partial charge >= 0.3 is 5.97 Å². The van der Waals surface area contributed by atoms with Gasteiger partial charge in [0.25, 0.3) is 0 Å². The first-order valence-electron chi connectivity index (χ1n) is 3.21. The number of halogens is 1. The molecule has 0 aliphatic carbocycles. The number of rotatable bonds is 2. The largest absolute Gasteiger partial charge is 0.497 e. The molecule has 0 amide bonds. The molecule has 0 spiro atoms. The van der Waals surface area contributed by atoms with E-state index in [1.165, 1.54) is 19.2 Å². The van der Waals surface area contributed by atoms with Crippen molar-refractivity contribution >= 4 is 17.6 Å². The summed E-state index contributed by atoms with van der Waals surface area (Å²) in [4.78, 5) is 10.5. The summed E-state index contributed by atoms with van der Waals surface area (Å²) >= 11 is 5.63. The smallest absolute Gasteiger partial charge is 0.335 e. The van der Waals surface area contributed by atoms with Gasteiger partial charge in [-0.2, -0.15) is 0 Å². The maximum Gasteiger partial charge on any atom is 0.335 e. The second-order valence-electron chi connectivity index (χ2n) is 2.18. The van der Waals surface area contributed by atoms with Crippen LogP contribution in [-0.4, -0.2) is 18.2 Å². The average Bonchev–Trinajstić information content (AvgIpc) is 2.03. The van der Waals surface area contributed by atoms with Crippen LogP contribution >= 0.6 is 11.6 Å². The van der Waals surface area contributed by atoms with Gasteiger partial charge in [0.1, 0.15) is 5.75 Å². The van der Waals surface area contributed by atoms with Crippen molar-refractivity contribution in [2.24, 2.45) is 0 Å². The lowest BCUT2D eigenvalue weighted by Gasteiger charge is -2.01. The van der Waals surface area contributed by atoms with Crippen LogP contribution in [0.4, 0.5) is 0 Å². The van der Waals surface area contributed by atoms with Gasteiger partial charge in [-0.05, 0) is 18.2 Å². The summed E-state index contributed by atoms with van der Waals surface area (Å²) < 4.78 is 4.84. The predicted octanol–water partition coefficient (Wildman–Crippen LogP) is 2.05. The van der Waals surface area contributed by atoms with Crippen LogP contribution in [0.15, 0.2) is 18.2 Å². The van der Waals surface area contributed by atoms with E-state index in [0.29, 0.717) is 10.8 Å². The number of carboxylic acid groups (broad SMARTS) is 1. The van der Waals surface area contributed by atoms with E-state index in [1.807, 2.05) is 0 Å². The van der Waals surface area contributed by atoms with Crippen molar-refractivity contribution < 1.29 is 14.6 Å². The highest BCUT2D eigenvalue weighted by Crippen LogP contribution is 2.20. The van der Waals surface area contributed by atoms with Crippen molar-refractivity contribution in [3.8, 4) is 5.75 Å². The molecule has 1 rings (SSSR count). The highest BCUT2D eigenvalue weighted by molar-refractivity contribution is 6.31. The van der Waals surface area contributed by atoms with Gasteiger partial charge in [0, 0.05) is 5.02 Å². The molecule has 0 unspecified atom stereocenters. The Morgan fingerprint density at radius 1 is 1.50 bits per heavy atom. The minimum absolute atomic E-state index is 0.124. The van der Waals surface area contributed by atoms with Gasteiger partial charge in [0.15, 0.2) is 0 Å². The average molecular weight is 187 g/mol. The highest BCUT2D eigenvalue weighted by atomic mass is 35.5. The molecule has 0 aliphatic heterocycles. The van der Waals surface area contributed by atoms with Crippen molar-refractivity contribution in [3.05, 3.63) is 28.8 Å². The Bertz CT molecular complexity index is 309. The Hall–Kier alpha value is -1.22. The van der Waals surface area contributed by atoms with Crippen molar-refractivity contribution in [1.82, 2.24) is 0 Å². The Balaban J connectivity index is 3.15. The number of carboxylic acids is 1. The van der Waals surface area contributed by atoms with Gasteiger partial charge in [-0.1, -0.05) is 11.6 Å². The fourth-order valence-corrected chi connectivity index (χ4v) is 1.03. The van der Waals surface area contributed by atoms with E-state index in [1.54, 1.807) is 6.07 Å². The molecule has 0 radical (unpaired) electrons. The number of benzene rings is 1. The molecule has 0 saturated carbocycles. The van der Waals surface area contributed by atoms with Crippen LogP contribution in [0.1, 0.15) is 10.4 Å². The van der Waals surface area contributed by atoms with Gasteiger partial charge in [-0.25, -0.2) is 4.79 Å². The summed E-state index contributed by atoms with van der Waals surface area (Å²) in [7, 11) is 1.46. The van der Waals surface area contributed by atoms with Crippen LogP contribution in [0.5, 0.6) is 5.75 Å². The molecule has 1 aromatic rings. The van der Waals surface area contributed by atoms with Crippen LogP contribution in [0.3, 0.4) is 0 Å². The highest BCUT2D eigenvalue weighted by Gasteiger charge is 2.05. The van der Waals surface area contributed by atoms with Gasteiger partial charge < -0.3 is 9.84 Å². The summed E-state index contributed by atoms with van der Waals surface area (Å²) in [5.74, 6) is -0.573. The van der Waals surface area contributed by atoms with E-state index in [9.17, 15) is 4.79 Å². The molecular weight excluding hydrogens is 180 g/mol. The summed E-state index contributed by atoms with van der Waals surface area (Å²) in [6.07, 6.45) is 0. The number of hydrogen-bond donors (Lipinski definition) is 1. The molecule has 0 fully saturated rings. The lowest BCUT2D eigenvalue weighted by molar-refractivity contribution is 0.0696. The molecule has 0 atom stereocenters. The molecule has 0 saturated heterocycles. The Labute approximate surface area is 74.5 Å². The molecule has 3 nitrogen and oxygen atoms in total. The Morgan fingerprint density at radius 3 is 2.67 bits per heavy atom. The van der Waals surface area contributed by atoms with Crippen molar-refractivity contribution in [3.63, 3.8) is 0 Å². The van der Waals surface area contributed by atoms with Crippen LogP contribution < -0.4 is 4.74 Å². The first kappa shape index (κ1) is 8.87. The quantitative estimate of drug-likeness (QED) is 0.769. The zero-order valence-corrected chi connectivity index (χ0v) is 7.13. The molecule has 12 heavy (non-hydrogen) atoms. The topological polar surface area (TPSA) is 46.5 Å². The number of ether oxygens (including phenoxy) is 1. The third-order valence-corrected chi connectivity index (χ3v) is 1.57. The van der Waals surface area contributed by atoms with E-state index in [4.69, 9.17) is 21.4 Å². The van der Waals surface area contributed by atoms with Gasteiger partial charge in [0.05, 0.1) is 12.7 Å². The fraction of sp³-hybridized carbons (Fsp3) is 0.125. The van der Waals surface area contributed by atoms with Gasteiger partial charge in [-0.15, -0.1) is 0 Å². The van der Waals surface area contributed by atoms with Crippen molar-refractivity contribution in [2.75, 3.05) is 7.11 Å². The molecular formula is C8H7ClO3. The maximum atomic E-state index is 10.5. The summed E-state index contributed by atoms with van der Waals surface area (Å²) in [5, 5.41) is 8.97. The van der Waals surface area contributed by atoms with Crippen molar-refractivity contribution in [1.29, 1.82) is 0 Å². The number of methoxy groups -OCH3 is 1. The lowest BCUT2D eigenvalue weighted by Crippen LogP contribution is -1.96. The van der Waals surface area contributed by atoms with E-state index in [-0.39, 0.29) is 5.56 Å². The van der Waals surface area contributed by atoms with Gasteiger partial charge in [0.2, 0.25) is 0 Å². The molecule has 64 valence electrons. The van der Waals surface area contributed by atoms with Gasteiger partial charge in [-0.3, -0.25) is 0 Å². The third-order valence-electron chi connectivity index (χ3n) is 1.35. The lowest BCUT2D eigenvalue weighted by atomic mass is 10.2. The normalized spacial score (nSPS) is 9.50. The molecule has 0 heterocycles. The minimum Gasteiger partial charge on any atom is -0.497 e. The molecule has 0 bridgehead atoms. The first-order valence-corrected chi connectivity index (χ1v) is 3.59. The van der Waals surface area contributed by atoms with E-state index in [0.717, 1.165) is 0 Å². The van der Waals surface area contributed by atoms with Crippen LogP contribution in [0, 0.1) is 0 Å². The monoisotopic (exact) mass is 186 g/mol. The van der Waals surface area contributed by atoms with Crippen LogP contribution in [-0.2, 0) is 0 Å². The number of carbonyl (C=O) groups is 1. The minimum atomic E-state index is -1.02. The molecule has 0 aliphatic rings. The summed E-state index contributed by atoms with van der Waals surface area (Å²) in [6, 6.07) is 4.33. The Kier molecular flexibility index (Phi) is 2.55. The summed E-state index contributed by atoms with van der Waals surface area (Å²) in [6.45, 7) is 0. The SMILES string of the molecule is COc1cc(Cl)cc(C(=O)O)c1. The number of aromatic carboxylic acids is 1. The standard InChI is InChI=1S/C8H7ClO3/c1-12-7-3-5(8(10)11)2-6(9)4-7/h2-4H,1H3,(H,10,11). The number of hydrogen-bond acceptors (Lipinski definition) is 2. The molecule has 1 aromatic carbocycles.